The number of para-hydroxylation sites is 1. The molecule has 0 radical (unpaired) electrons. The van der Waals surface area contributed by atoms with E-state index in [2.05, 4.69) is 0 Å². The molecular weight excluding hydrogens is 299 g/mol. The largest absolute Gasteiger partial charge is 0.480 e. The van der Waals surface area contributed by atoms with E-state index in [4.69, 9.17) is 9.47 Å². The van der Waals surface area contributed by atoms with Gasteiger partial charge in [-0.05, 0) is 24.6 Å². The smallest absolute Gasteiger partial charge is 0.356 e. The fraction of sp³-hybridized carbons (Fsp3) is 0.222. The number of esters is 1. The van der Waals surface area contributed by atoms with Crippen LogP contribution in [0.15, 0.2) is 54.6 Å². The SMILES string of the molecule is CCOC(=O)[C@@]1(F)C(=O)c2ccccc2O[C@H]1c1ccccc1. The summed E-state index contributed by atoms with van der Waals surface area (Å²) in [6.45, 7) is 1.53. The predicted molar refractivity (Wildman–Crippen MR) is 81.1 cm³/mol. The van der Waals surface area contributed by atoms with Gasteiger partial charge in [-0.25, -0.2) is 9.18 Å². The molecule has 0 bridgehead atoms. The number of ketones is 1. The minimum atomic E-state index is -2.91. The van der Waals surface area contributed by atoms with Crippen LogP contribution in [0, 0.1) is 0 Å². The van der Waals surface area contributed by atoms with Crippen LogP contribution in [0.1, 0.15) is 28.9 Å². The summed E-state index contributed by atoms with van der Waals surface area (Å²) in [7, 11) is 0. The highest BCUT2D eigenvalue weighted by Crippen LogP contribution is 2.44. The zero-order valence-electron chi connectivity index (χ0n) is 12.5. The third-order valence-corrected chi connectivity index (χ3v) is 3.74. The average Bonchev–Trinajstić information content (AvgIpc) is 2.59. The third-order valence-electron chi connectivity index (χ3n) is 3.74. The molecule has 23 heavy (non-hydrogen) atoms. The van der Waals surface area contributed by atoms with Gasteiger partial charge in [-0.15, -0.1) is 0 Å². The zero-order chi connectivity index (χ0) is 16.4. The molecule has 0 aromatic heterocycles. The number of hydrogen-bond donors (Lipinski definition) is 0. The van der Waals surface area contributed by atoms with Crippen molar-refractivity contribution in [1.82, 2.24) is 0 Å². The number of carbonyl (C=O) groups excluding carboxylic acids is 2. The maximum Gasteiger partial charge on any atom is 0.356 e. The van der Waals surface area contributed by atoms with Gasteiger partial charge >= 0.3 is 11.6 Å². The van der Waals surface area contributed by atoms with Crippen LogP contribution in [0.2, 0.25) is 0 Å². The molecule has 2 aromatic rings. The number of fused-ring (bicyclic) bond motifs is 1. The molecule has 1 aliphatic heterocycles. The molecule has 3 rings (SSSR count). The van der Waals surface area contributed by atoms with E-state index < -0.39 is 23.5 Å². The summed E-state index contributed by atoms with van der Waals surface area (Å²) >= 11 is 0. The van der Waals surface area contributed by atoms with E-state index in [0.717, 1.165) is 0 Å². The van der Waals surface area contributed by atoms with Crippen LogP contribution < -0.4 is 4.74 Å². The molecule has 0 amide bonds. The number of hydrogen-bond acceptors (Lipinski definition) is 4. The first-order chi connectivity index (χ1) is 11.1. The van der Waals surface area contributed by atoms with Crippen LogP contribution in [-0.4, -0.2) is 24.0 Å². The van der Waals surface area contributed by atoms with Gasteiger partial charge in [0.25, 0.3) is 0 Å². The van der Waals surface area contributed by atoms with Crippen LogP contribution in [0.5, 0.6) is 5.75 Å². The van der Waals surface area contributed by atoms with Gasteiger partial charge in [0.05, 0.1) is 12.2 Å². The Morgan fingerprint density at radius 1 is 1.17 bits per heavy atom. The highest BCUT2D eigenvalue weighted by atomic mass is 19.1. The fourth-order valence-electron chi connectivity index (χ4n) is 2.64. The maximum atomic E-state index is 15.6. The molecule has 118 valence electrons. The molecule has 0 fully saturated rings. The summed E-state index contributed by atoms with van der Waals surface area (Å²) in [5.41, 5.74) is -2.48. The van der Waals surface area contributed by atoms with E-state index >= 15 is 4.39 Å². The Bertz CT molecular complexity index is 744. The van der Waals surface area contributed by atoms with Gasteiger partial charge in [0, 0.05) is 0 Å². The number of alkyl halides is 1. The second-order valence-corrected chi connectivity index (χ2v) is 5.17. The lowest BCUT2D eigenvalue weighted by Gasteiger charge is -2.35. The summed E-state index contributed by atoms with van der Waals surface area (Å²) in [5, 5.41) is 0. The fourth-order valence-corrected chi connectivity index (χ4v) is 2.64. The molecule has 1 aliphatic rings. The Kier molecular flexibility index (Phi) is 3.86. The number of rotatable bonds is 3. The minimum Gasteiger partial charge on any atom is -0.480 e. The summed E-state index contributed by atoms with van der Waals surface area (Å²) < 4.78 is 26.1. The lowest BCUT2D eigenvalue weighted by atomic mass is 9.83. The van der Waals surface area contributed by atoms with Crippen LogP contribution in [0.4, 0.5) is 4.39 Å². The molecule has 4 nitrogen and oxygen atoms in total. The van der Waals surface area contributed by atoms with Crippen LogP contribution in [0.25, 0.3) is 0 Å². The Hall–Kier alpha value is -2.69. The summed E-state index contributed by atoms with van der Waals surface area (Å²) in [6.07, 6.45) is -1.38. The van der Waals surface area contributed by atoms with E-state index in [-0.39, 0.29) is 17.9 Å². The van der Waals surface area contributed by atoms with Crippen LogP contribution in [0.3, 0.4) is 0 Å². The normalized spacial score (nSPS) is 22.9. The van der Waals surface area contributed by atoms with E-state index in [9.17, 15) is 9.59 Å². The van der Waals surface area contributed by atoms with Crippen molar-refractivity contribution in [2.24, 2.45) is 0 Å². The molecule has 0 saturated carbocycles. The molecule has 2 atom stereocenters. The predicted octanol–water partition coefficient (Wildman–Crippen LogP) is 3.27. The maximum absolute atomic E-state index is 15.6. The monoisotopic (exact) mass is 314 g/mol. The van der Waals surface area contributed by atoms with Gasteiger partial charge in [-0.3, -0.25) is 4.79 Å². The molecule has 0 N–H and O–H groups in total. The van der Waals surface area contributed by atoms with E-state index in [0.29, 0.717) is 5.56 Å². The molecule has 2 aromatic carbocycles. The number of carbonyl (C=O) groups is 2. The quantitative estimate of drug-likeness (QED) is 0.644. The van der Waals surface area contributed by atoms with E-state index in [1.165, 1.54) is 6.07 Å². The van der Waals surface area contributed by atoms with Gasteiger partial charge < -0.3 is 9.47 Å². The summed E-state index contributed by atoms with van der Waals surface area (Å²) in [6, 6.07) is 14.6. The highest BCUT2D eigenvalue weighted by Gasteiger charge is 2.60. The van der Waals surface area contributed by atoms with E-state index in [1.807, 2.05) is 0 Å². The Morgan fingerprint density at radius 3 is 2.52 bits per heavy atom. The lowest BCUT2D eigenvalue weighted by Crippen LogP contribution is -2.53. The second-order valence-electron chi connectivity index (χ2n) is 5.17. The zero-order valence-corrected chi connectivity index (χ0v) is 12.5. The van der Waals surface area contributed by atoms with Crippen molar-refractivity contribution < 1.29 is 23.5 Å². The number of benzene rings is 2. The first-order valence-electron chi connectivity index (χ1n) is 7.30. The highest BCUT2D eigenvalue weighted by molar-refractivity contribution is 6.18. The summed E-state index contributed by atoms with van der Waals surface area (Å²) in [5.74, 6) is -1.91. The van der Waals surface area contributed by atoms with Gasteiger partial charge in [0.2, 0.25) is 5.78 Å². The molecule has 0 spiro atoms. The average molecular weight is 314 g/mol. The van der Waals surface area contributed by atoms with Crippen LogP contribution in [-0.2, 0) is 9.53 Å². The number of halogens is 1. The van der Waals surface area contributed by atoms with Gasteiger partial charge in [0.15, 0.2) is 6.10 Å². The van der Waals surface area contributed by atoms with Crippen molar-refractivity contribution in [1.29, 1.82) is 0 Å². The molecule has 5 heteroatoms. The Labute approximate surface area is 132 Å². The van der Waals surface area contributed by atoms with Crippen molar-refractivity contribution >= 4 is 11.8 Å². The van der Waals surface area contributed by atoms with E-state index in [1.54, 1.807) is 55.5 Å². The third kappa shape index (κ3) is 2.38. The number of Topliss-reactive ketones (excluding diaryl/α,β-unsaturated/α-hetero) is 1. The van der Waals surface area contributed by atoms with Crippen molar-refractivity contribution in [2.45, 2.75) is 18.7 Å². The topological polar surface area (TPSA) is 52.6 Å². The molecular formula is C18H15FO4. The molecule has 0 saturated heterocycles. The van der Waals surface area contributed by atoms with Crippen molar-refractivity contribution in [3.63, 3.8) is 0 Å². The first kappa shape index (κ1) is 15.2. The van der Waals surface area contributed by atoms with Crippen molar-refractivity contribution in [3.05, 3.63) is 65.7 Å². The van der Waals surface area contributed by atoms with Crippen molar-refractivity contribution in [2.75, 3.05) is 6.61 Å². The summed E-state index contributed by atoms with van der Waals surface area (Å²) in [4.78, 5) is 24.9. The molecule has 1 heterocycles. The molecule has 0 unspecified atom stereocenters. The Balaban J connectivity index is 2.16. The number of ether oxygens (including phenoxy) is 2. The van der Waals surface area contributed by atoms with Gasteiger partial charge in [0.1, 0.15) is 5.75 Å². The van der Waals surface area contributed by atoms with Crippen LogP contribution >= 0.6 is 0 Å². The lowest BCUT2D eigenvalue weighted by molar-refractivity contribution is -0.160. The van der Waals surface area contributed by atoms with Gasteiger partial charge in [-0.1, -0.05) is 42.5 Å². The molecule has 0 aliphatic carbocycles. The second kappa shape index (κ2) is 5.83. The van der Waals surface area contributed by atoms with Gasteiger partial charge in [-0.2, -0.15) is 0 Å². The first-order valence-corrected chi connectivity index (χ1v) is 7.30. The standard InChI is InChI=1S/C18H15FO4/c1-2-22-17(21)18(19)15(20)13-10-6-7-11-14(13)23-16(18)12-8-4-3-5-9-12/h3-11,16H,2H2,1H3/t16-,18+/m0/s1. The Morgan fingerprint density at radius 2 is 1.83 bits per heavy atom. The minimum absolute atomic E-state index is 0.0268. The van der Waals surface area contributed by atoms with Crippen molar-refractivity contribution in [3.8, 4) is 5.75 Å².